The Labute approximate surface area is 178 Å². The number of carbonyl (C=O) groups is 2. The Morgan fingerprint density at radius 3 is 2.33 bits per heavy atom. The molecule has 2 unspecified atom stereocenters. The van der Waals surface area contributed by atoms with Gasteiger partial charge in [-0.3, -0.25) is 9.69 Å². The first-order chi connectivity index (χ1) is 14.2. The van der Waals surface area contributed by atoms with Crippen LogP contribution in [0.1, 0.15) is 51.3 Å². The molecule has 30 heavy (non-hydrogen) atoms. The van der Waals surface area contributed by atoms with Gasteiger partial charge in [-0.15, -0.1) is 0 Å². The van der Waals surface area contributed by atoms with E-state index in [2.05, 4.69) is 29.6 Å². The fourth-order valence-corrected chi connectivity index (χ4v) is 4.49. The molecule has 0 fully saturated rings. The molecule has 0 radical (unpaired) electrons. The van der Waals surface area contributed by atoms with Crippen molar-refractivity contribution in [3.05, 3.63) is 53.6 Å². The summed E-state index contributed by atoms with van der Waals surface area (Å²) in [6, 6.07) is 13.8. The third-order valence-electron chi connectivity index (χ3n) is 5.77. The molecule has 1 aliphatic heterocycles. The summed E-state index contributed by atoms with van der Waals surface area (Å²) in [5.74, 6) is -0.0298. The molecule has 0 bridgehead atoms. The van der Waals surface area contributed by atoms with E-state index in [0.717, 1.165) is 28.9 Å². The molecule has 2 aromatic rings. The van der Waals surface area contributed by atoms with Gasteiger partial charge >= 0.3 is 6.09 Å². The maximum atomic E-state index is 12.4. The van der Waals surface area contributed by atoms with Gasteiger partial charge in [-0.1, -0.05) is 30.3 Å². The molecule has 6 nitrogen and oxygen atoms in total. The molecular formula is C24H31N3O3. The zero-order chi connectivity index (χ0) is 22.0. The van der Waals surface area contributed by atoms with Crippen LogP contribution >= 0.6 is 0 Å². The maximum absolute atomic E-state index is 12.4. The van der Waals surface area contributed by atoms with Gasteiger partial charge in [-0.05, 0) is 68.6 Å². The van der Waals surface area contributed by atoms with Crippen molar-refractivity contribution in [2.24, 2.45) is 0 Å². The van der Waals surface area contributed by atoms with Gasteiger partial charge < -0.3 is 15.3 Å². The van der Waals surface area contributed by atoms with E-state index in [1.54, 1.807) is 11.8 Å². The van der Waals surface area contributed by atoms with Gasteiger partial charge in [0.2, 0.25) is 5.91 Å². The zero-order valence-electron chi connectivity index (χ0n) is 18.3. The Balaban J connectivity index is 2.11. The summed E-state index contributed by atoms with van der Waals surface area (Å²) < 4.78 is 0. The number of hydrogen-bond donors (Lipinski definition) is 2. The lowest BCUT2D eigenvalue weighted by Crippen LogP contribution is -2.48. The molecule has 6 heteroatoms. The average Bonchev–Trinajstić information content (AvgIpc) is 2.67. The molecule has 0 saturated heterocycles. The topological polar surface area (TPSA) is 72.9 Å². The number of nitrogens with one attached hydrogen (secondary N) is 1. The number of hydrogen-bond acceptors (Lipinski definition) is 3. The predicted molar refractivity (Wildman–Crippen MR) is 120 cm³/mol. The van der Waals surface area contributed by atoms with E-state index in [1.165, 1.54) is 10.5 Å². The summed E-state index contributed by atoms with van der Waals surface area (Å²) in [7, 11) is 1.92. The van der Waals surface area contributed by atoms with E-state index in [0.29, 0.717) is 6.42 Å². The van der Waals surface area contributed by atoms with Crippen LogP contribution in [0.2, 0.25) is 0 Å². The molecule has 0 saturated carbocycles. The lowest BCUT2D eigenvalue weighted by Gasteiger charge is -2.43. The molecule has 160 valence electrons. The summed E-state index contributed by atoms with van der Waals surface area (Å²) >= 11 is 0. The van der Waals surface area contributed by atoms with Crippen molar-refractivity contribution >= 4 is 17.7 Å². The summed E-state index contributed by atoms with van der Waals surface area (Å²) in [5.41, 5.74) is 4.97. The number of rotatable bonds is 5. The van der Waals surface area contributed by atoms with Crippen LogP contribution < -0.4 is 10.2 Å². The van der Waals surface area contributed by atoms with Gasteiger partial charge in [0, 0.05) is 31.2 Å². The number of carboxylic acid groups (broad SMARTS) is 1. The van der Waals surface area contributed by atoms with Crippen LogP contribution in [0.5, 0.6) is 0 Å². The van der Waals surface area contributed by atoms with E-state index >= 15 is 0 Å². The van der Waals surface area contributed by atoms with Gasteiger partial charge in [0.25, 0.3) is 0 Å². The van der Waals surface area contributed by atoms with Crippen molar-refractivity contribution in [3.63, 3.8) is 0 Å². The Hall–Kier alpha value is -2.86. The van der Waals surface area contributed by atoms with E-state index < -0.39 is 6.09 Å². The van der Waals surface area contributed by atoms with E-state index in [9.17, 15) is 14.7 Å². The minimum atomic E-state index is -0.939. The molecule has 2 N–H and O–H groups in total. The van der Waals surface area contributed by atoms with E-state index in [1.807, 2.05) is 46.0 Å². The van der Waals surface area contributed by atoms with Gasteiger partial charge in [0.15, 0.2) is 0 Å². The lowest BCUT2D eigenvalue weighted by atomic mass is 9.87. The Kier molecular flexibility index (Phi) is 6.46. The summed E-state index contributed by atoms with van der Waals surface area (Å²) in [6.45, 7) is 8.12. The minimum Gasteiger partial charge on any atom is -0.465 e. The van der Waals surface area contributed by atoms with Crippen LogP contribution in [0.4, 0.5) is 10.5 Å². The summed E-state index contributed by atoms with van der Waals surface area (Å²) in [5, 5.41) is 13.0. The van der Waals surface area contributed by atoms with E-state index in [4.69, 9.17) is 0 Å². The Morgan fingerprint density at radius 1 is 1.17 bits per heavy atom. The highest BCUT2D eigenvalue weighted by atomic mass is 16.4. The second kappa shape index (κ2) is 8.88. The standard InChI is InChI=1S/C24H31N3O3/c1-15(2)26(24(29)30)23-12-16(3)27(17(4)28)22-11-10-20(13-21(22)23)19-8-6-18(7-9-19)14-25-5/h6-11,13,15-16,23,25H,12,14H2,1-5H3,(H,29,30). The molecule has 2 aromatic carbocycles. The minimum absolute atomic E-state index is 0.0298. The molecule has 1 aliphatic rings. The lowest BCUT2D eigenvalue weighted by molar-refractivity contribution is -0.117. The molecule has 1 heterocycles. The summed E-state index contributed by atoms with van der Waals surface area (Å²) in [6.07, 6.45) is -0.368. The first-order valence-corrected chi connectivity index (χ1v) is 10.4. The van der Waals surface area contributed by atoms with Crippen LogP contribution in [-0.4, -0.2) is 41.1 Å². The second-order valence-electron chi connectivity index (χ2n) is 8.27. The number of anilines is 1. The SMILES string of the molecule is CNCc1ccc(-c2ccc3c(c2)C(N(C(=O)O)C(C)C)CC(C)N3C(C)=O)cc1. The quantitative estimate of drug-likeness (QED) is 0.754. The number of amides is 2. The number of carbonyl (C=O) groups excluding carboxylic acids is 1. The first kappa shape index (κ1) is 21.8. The van der Waals surface area contributed by atoms with Crippen molar-refractivity contribution in [2.75, 3.05) is 11.9 Å². The van der Waals surface area contributed by atoms with Gasteiger partial charge in [0.1, 0.15) is 0 Å². The molecule has 3 rings (SSSR count). The van der Waals surface area contributed by atoms with Gasteiger partial charge in [0.05, 0.1) is 6.04 Å². The normalized spacial score (nSPS) is 18.3. The van der Waals surface area contributed by atoms with Crippen LogP contribution in [0.15, 0.2) is 42.5 Å². The summed E-state index contributed by atoms with van der Waals surface area (Å²) in [4.78, 5) is 27.7. The predicted octanol–water partition coefficient (Wildman–Crippen LogP) is 4.65. The largest absolute Gasteiger partial charge is 0.465 e. The van der Waals surface area contributed by atoms with Crippen LogP contribution in [-0.2, 0) is 11.3 Å². The van der Waals surface area contributed by atoms with Crippen molar-refractivity contribution in [2.45, 2.75) is 58.8 Å². The first-order valence-electron chi connectivity index (χ1n) is 10.4. The van der Waals surface area contributed by atoms with Gasteiger partial charge in [-0.2, -0.15) is 0 Å². The fourth-order valence-electron chi connectivity index (χ4n) is 4.49. The Morgan fingerprint density at radius 2 is 1.80 bits per heavy atom. The average molecular weight is 410 g/mol. The van der Waals surface area contributed by atoms with Gasteiger partial charge in [-0.25, -0.2) is 4.79 Å². The van der Waals surface area contributed by atoms with Crippen molar-refractivity contribution in [3.8, 4) is 11.1 Å². The Bertz CT molecular complexity index is 924. The monoisotopic (exact) mass is 409 g/mol. The van der Waals surface area contributed by atoms with Crippen molar-refractivity contribution in [1.29, 1.82) is 0 Å². The second-order valence-corrected chi connectivity index (χ2v) is 8.27. The maximum Gasteiger partial charge on any atom is 0.408 e. The highest BCUT2D eigenvalue weighted by Crippen LogP contribution is 2.43. The highest BCUT2D eigenvalue weighted by molar-refractivity contribution is 5.94. The number of fused-ring (bicyclic) bond motifs is 1. The highest BCUT2D eigenvalue weighted by Gasteiger charge is 2.38. The van der Waals surface area contributed by atoms with Crippen molar-refractivity contribution < 1.29 is 14.7 Å². The molecule has 2 atom stereocenters. The molecule has 0 aromatic heterocycles. The molecule has 0 aliphatic carbocycles. The van der Waals surface area contributed by atoms with Crippen molar-refractivity contribution in [1.82, 2.24) is 10.2 Å². The third-order valence-corrected chi connectivity index (χ3v) is 5.77. The van der Waals surface area contributed by atoms with E-state index in [-0.39, 0.29) is 24.0 Å². The molecule has 0 spiro atoms. The fraction of sp³-hybridized carbons (Fsp3) is 0.417. The number of benzene rings is 2. The van der Waals surface area contributed by atoms with Crippen LogP contribution in [0.3, 0.4) is 0 Å². The molecular weight excluding hydrogens is 378 g/mol. The zero-order valence-corrected chi connectivity index (χ0v) is 18.3. The van der Waals surface area contributed by atoms with Crippen LogP contribution in [0.25, 0.3) is 11.1 Å². The molecule has 2 amide bonds. The third kappa shape index (κ3) is 4.19. The number of nitrogens with zero attached hydrogens (tertiary/aromatic N) is 2. The van der Waals surface area contributed by atoms with Crippen LogP contribution in [0, 0.1) is 0 Å². The smallest absolute Gasteiger partial charge is 0.408 e.